The Morgan fingerprint density at radius 3 is 1.00 bits per heavy atom. The van der Waals surface area contributed by atoms with Gasteiger partial charge in [-0.25, -0.2) is 0 Å². The van der Waals surface area contributed by atoms with E-state index in [1.54, 1.807) is 0 Å². The Morgan fingerprint density at radius 1 is 0.875 bits per heavy atom. The zero-order valence-corrected chi connectivity index (χ0v) is 6.41. The lowest BCUT2D eigenvalue weighted by atomic mass is 10.0. The highest BCUT2D eigenvalue weighted by Gasteiger charge is 1.95. The summed E-state index contributed by atoms with van der Waals surface area (Å²) in [5, 5.41) is 0. The molecule has 1 aliphatic rings. The van der Waals surface area contributed by atoms with Gasteiger partial charge in [0.1, 0.15) is 0 Å². The van der Waals surface area contributed by atoms with Gasteiger partial charge in [0.15, 0.2) is 0 Å². The minimum Gasteiger partial charge on any atom is -0.0630 e. The summed E-state index contributed by atoms with van der Waals surface area (Å²) in [5.41, 5.74) is 0. The fourth-order valence-electron chi connectivity index (χ4n) is 0.250. The molecule has 0 nitrogen and oxygen atoms in total. The zero-order chi connectivity index (χ0) is 6.41. The first-order valence-corrected chi connectivity index (χ1v) is 3.73. The van der Waals surface area contributed by atoms with Gasteiger partial charge in [0.2, 0.25) is 0 Å². The molecule has 0 aliphatic heterocycles. The minimum absolute atomic E-state index is 0. The van der Waals surface area contributed by atoms with Crippen molar-refractivity contribution in [2.75, 3.05) is 0 Å². The summed E-state index contributed by atoms with van der Waals surface area (Å²) in [6.45, 7) is 6.50. The molecule has 1 fully saturated rings. The highest BCUT2D eigenvalue weighted by Crippen LogP contribution is 2.15. The van der Waals surface area contributed by atoms with Crippen LogP contribution in [0.5, 0.6) is 0 Å². The molecule has 52 valence electrons. The highest BCUT2D eigenvalue weighted by atomic mass is 14.0. The van der Waals surface area contributed by atoms with Gasteiger partial charge in [-0.3, -0.25) is 0 Å². The quantitative estimate of drug-likeness (QED) is 0.455. The number of hydrogen-bond acceptors (Lipinski definition) is 0. The van der Waals surface area contributed by atoms with E-state index < -0.39 is 0 Å². The largest absolute Gasteiger partial charge is 0.0630 e. The van der Waals surface area contributed by atoms with E-state index in [0.29, 0.717) is 0 Å². The molecule has 0 N–H and O–H groups in total. The molecular weight excluding hydrogens is 96.1 g/mol. The SMILES string of the molecule is C1CCC1.CC(C)C.[2HH]. The second kappa shape index (κ2) is 5.14. The fourth-order valence-corrected chi connectivity index (χ4v) is 0.250. The molecule has 0 amide bonds. The van der Waals surface area contributed by atoms with Crippen molar-refractivity contribution in [3.05, 3.63) is 0 Å². The average molecular weight is 117 g/mol. The van der Waals surface area contributed by atoms with Crippen LogP contribution in [-0.2, 0) is 0 Å². The molecule has 0 saturated heterocycles. The maximum Gasteiger partial charge on any atom is 0 e. The van der Waals surface area contributed by atoms with Gasteiger partial charge in [-0.05, 0) is 5.92 Å². The second-order valence-corrected chi connectivity index (χ2v) is 3.15. The molecule has 0 radical (unpaired) electrons. The van der Waals surface area contributed by atoms with Crippen LogP contribution in [0, 0.1) is 5.92 Å². The predicted molar refractivity (Wildman–Crippen MR) is 41.1 cm³/mol. The van der Waals surface area contributed by atoms with Crippen LogP contribution in [0.4, 0.5) is 0 Å². The van der Waals surface area contributed by atoms with E-state index in [2.05, 4.69) is 20.8 Å². The van der Waals surface area contributed by atoms with Gasteiger partial charge in [-0.1, -0.05) is 46.5 Å². The van der Waals surface area contributed by atoms with Gasteiger partial charge in [-0.15, -0.1) is 0 Å². The van der Waals surface area contributed by atoms with E-state index in [9.17, 15) is 0 Å². The van der Waals surface area contributed by atoms with E-state index in [0.717, 1.165) is 5.92 Å². The van der Waals surface area contributed by atoms with Crippen LogP contribution in [0.25, 0.3) is 0 Å². The maximum absolute atomic E-state index is 2.17. The van der Waals surface area contributed by atoms with Crippen LogP contribution in [0.2, 0.25) is 0 Å². The third-order valence-corrected chi connectivity index (χ3v) is 1.000. The summed E-state index contributed by atoms with van der Waals surface area (Å²) in [7, 11) is 0. The van der Waals surface area contributed by atoms with Gasteiger partial charge in [-0.2, -0.15) is 0 Å². The van der Waals surface area contributed by atoms with Crippen molar-refractivity contribution in [3.8, 4) is 0 Å². The van der Waals surface area contributed by atoms with E-state index in [4.69, 9.17) is 0 Å². The van der Waals surface area contributed by atoms with Crippen LogP contribution in [-0.4, -0.2) is 0 Å². The lowest BCUT2D eigenvalue weighted by Crippen LogP contribution is -1.85. The molecular formula is C8H20. The first kappa shape index (κ1) is 8.00. The van der Waals surface area contributed by atoms with Crippen molar-refractivity contribution in [1.82, 2.24) is 0 Å². The Labute approximate surface area is 54.8 Å². The fraction of sp³-hybridized carbons (Fsp3) is 1.00. The van der Waals surface area contributed by atoms with Crippen molar-refractivity contribution < 1.29 is 1.43 Å². The molecule has 0 unspecified atom stereocenters. The molecule has 0 atom stereocenters. The highest BCUT2D eigenvalue weighted by molar-refractivity contribution is 4.50. The van der Waals surface area contributed by atoms with Crippen LogP contribution in [0.1, 0.15) is 47.9 Å². The zero-order valence-electron chi connectivity index (χ0n) is 6.41. The second-order valence-electron chi connectivity index (χ2n) is 3.15. The Morgan fingerprint density at radius 2 is 1.00 bits per heavy atom. The smallest absolute Gasteiger partial charge is 0 e. The summed E-state index contributed by atoms with van der Waals surface area (Å²) in [6, 6.07) is 0. The van der Waals surface area contributed by atoms with Gasteiger partial charge < -0.3 is 0 Å². The predicted octanol–water partition coefficient (Wildman–Crippen LogP) is 3.47. The molecule has 0 aromatic heterocycles. The molecule has 0 heterocycles. The summed E-state index contributed by atoms with van der Waals surface area (Å²) >= 11 is 0. The first-order chi connectivity index (χ1) is 3.73. The summed E-state index contributed by atoms with van der Waals surface area (Å²) < 4.78 is 0. The molecule has 0 bridgehead atoms. The average Bonchev–Trinajstić information content (AvgIpc) is 1.19. The number of hydrogen-bond donors (Lipinski definition) is 0. The topological polar surface area (TPSA) is 0 Å². The van der Waals surface area contributed by atoms with Crippen LogP contribution >= 0.6 is 0 Å². The van der Waals surface area contributed by atoms with Gasteiger partial charge in [0.05, 0.1) is 0 Å². The molecule has 0 heteroatoms. The standard InChI is InChI=1S/C4H8.C4H10.H2/c1-2-4-3-1;1-4(2)3;/h1-4H2;4H,1-3H3;1H/i;;1+1. The summed E-state index contributed by atoms with van der Waals surface area (Å²) in [4.78, 5) is 0. The van der Waals surface area contributed by atoms with E-state index in [-0.39, 0.29) is 1.43 Å². The molecule has 0 aromatic rings. The van der Waals surface area contributed by atoms with Crippen LogP contribution < -0.4 is 0 Å². The lowest BCUT2D eigenvalue weighted by Gasteiger charge is -2.05. The molecule has 1 saturated carbocycles. The summed E-state index contributed by atoms with van der Waals surface area (Å²) in [6.07, 6.45) is 6.00. The van der Waals surface area contributed by atoms with Gasteiger partial charge >= 0.3 is 0 Å². The summed E-state index contributed by atoms with van der Waals surface area (Å²) in [5.74, 6) is 0.833. The molecule has 1 aliphatic carbocycles. The van der Waals surface area contributed by atoms with E-state index in [1.165, 1.54) is 25.7 Å². The monoisotopic (exact) mass is 117 g/mol. The van der Waals surface area contributed by atoms with Crippen LogP contribution in [0.3, 0.4) is 0 Å². The Kier molecular flexibility index (Phi) is 5.14. The van der Waals surface area contributed by atoms with Gasteiger partial charge in [0.25, 0.3) is 0 Å². The Balaban J connectivity index is 0. The molecule has 0 aromatic carbocycles. The van der Waals surface area contributed by atoms with Crippen molar-refractivity contribution in [2.45, 2.75) is 46.5 Å². The first-order valence-electron chi connectivity index (χ1n) is 3.73. The van der Waals surface area contributed by atoms with Crippen molar-refractivity contribution in [3.63, 3.8) is 0 Å². The van der Waals surface area contributed by atoms with E-state index >= 15 is 0 Å². The Bertz CT molecular complexity index is 31.1. The third kappa shape index (κ3) is 9.38. The Hall–Kier alpha value is 0. The molecule has 8 heavy (non-hydrogen) atoms. The van der Waals surface area contributed by atoms with Crippen molar-refractivity contribution in [2.24, 2.45) is 5.92 Å². The molecule has 0 spiro atoms. The lowest BCUT2D eigenvalue weighted by molar-refractivity contribution is 0.504. The van der Waals surface area contributed by atoms with Gasteiger partial charge in [0, 0.05) is 1.43 Å². The third-order valence-electron chi connectivity index (χ3n) is 1.000. The van der Waals surface area contributed by atoms with Crippen LogP contribution in [0.15, 0.2) is 0 Å². The minimum atomic E-state index is 0. The van der Waals surface area contributed by atoms with Crippen molar-refractivity contribution >= 4 is 0 Å². The maximum atomic E-state index is 2.17. The number of rotatable bonds is 0. The normalized spacial score (nSPS) is 16.5. The van der Waals surface area contributed by atoms with E-state index in [1.807, 2.05) is 0 Å². The van der Waals surface area contributed by atoms with Crippen molar-refractivity contribution in [1.29, 1.82) is 0 Å². The molecule has 1 rings (SSSR count).